The van der Waals surface area contributed by atoms with Gasteiger partial charge in [0.05, 0.1) is 18.2 Å². The van der Waals surface area contributed by atoms with Gasteiger partial charge in [-0.3, -0.25) is 4.57 Å². The van der Waals surface area contributed by atoms with Crippen molar-refractivity contribution in [1.29, 1.82) is 0 Å². The van der Waals surface area contributed by atoms with Gasteiger partial charge in [-0.05, 0) is 6.07 Å². The summed E-state index contributed by atoms with van der Waals surface area (Å²) in [6.45, 7) is 0. The largest absolute Gasteiger partial charge is 0.465 e. The molecule has 0 fully saturated rings. The van der Waals surface area contributed by atoms with E-state index in [0.717, 1.165) is 0 Å². The number of carbonyl (C=O) groups excluding carboxylic acids is 2. The Morgan fingerprint density at radius 2 is 2.00 bits per heavy atom. The van der Waals surface area contributed by atoms with Crippen LogP contribution in [0.5, 0.6) is 0 Å². The number of esters is 1. The molecule has 0 atom stereocenters. The van der Waals surface area contributed by atoms with Crippen LogP contribution in [0.3, 0.4) is 0 Å². The molecule has 0 bridgehead atoms. The van der Waals surface area contributed by atoms with E-state index in [9.17, 15) is 9.59 Å². The number of para-hydroxylation sites is 1. The molecule has 1 heterocycles. The summed E-state index contributed by atoms with van der Waals surface area (Å²) in [6, 6.07) is 6.36. The number of methoxy groups -OCH3 is 1. The van der Waals surface area contributed by atoms with Gasteiger partial charge in [0.2, 0.25) is 0 Å². The van der Waals surface area contributed by atoms with E-state index < -0.39 is 12.0 Å². The van der Waals surface area contributed by atoms with Crippen molar-refractivity contribution in [3.63, 3.8) is 0 Å². The number of aromatic nitrogens is 1. The molecule has 0 aliphatic rings. The zero-order valence-electron chi connectivity index (χ0n) is 8.64. The molecule has 0 aliphatic carbocycles. The lowest BCUT2D eigenvalue weighted by atomic mass is 10.2. The molecule has 2 N–H and O–H groups in total. The highest BCUT2D eigenvalue weighted by Crippen LogP contribution is 2.21. The van der Waals surface area contributed by atoms with Crippen molar-refractivity contribution in [1.82, 2.24) is 4.57 Å². The molecule has 0 radical (unpaired) electrons. The summed E-state index contributed by atoms with van der Waals surface area (Å²) >= 11 is 0. The molecule has 16 heavy (non-hydrogen) atoms. The highest BCUT2D eigenvalue weighted by atomic mass is 16.5. The third-order valence-electron chi connectivity index (χ3n) is 2.35. The molecule has 0 saturated carbocycles. The predicted octanol–water partition coefficient (Wildman–Crippen LogP) is 1.35. The lowest BCUT2D eigenvalue weighted by Gasteiger charge is -1.96. The first kappa shape index (κ1) is 10.2. The minimum absolute atomic E-state index is 0.330. The maximum atomic E-state index is 11.5. The van der Waals surface area contributed by atoms with Crippen LogP contribution in [0.2, 0.25) is 0 Å². The Balaban J connectivity index is 2.76. The monoisotopic (exact) mass is 218 g/mol. The van der Waals surface area contributed by atoms with E-state index in [4.69, 9.17) is 5.73 Å². The van der Waals surface area contributed by atoms with Gasteiger partial charge in [-0.1, -0.05) is 18.2 Å². The summed E-state index contributed by atoms with van der Waals surface area (Å²) in [7, 11) is 1.29. The van der Waals surface area contributed by atoms with Crippen molar-refractivity contribution in [2.75, 3.05) is 7.11 Å². The van der Waals surface area contributed by atoms with Crippen molar-refractivity contribution < 1.29 is 14.3 Å². The number of ether oxygens (including phenoxy) is 1. The predicted molar refractivity (Wildman–Crippen MR) is 58.3 cm³/mol. The normalized spacial score (nSPS) is 10.3. The zero-order chi connectivity index (χ0) is 11.7. The van der Waals surface area contributed by atoms with Crippen LogP contribution in [0, 0.1) is 0 Å². The molecule has 1 aromatic heterocycles. The average molecular weight is 218 g/mol. The first-order valence-electron chi connectivity index (χ1n) is 4.63. The molecule has 5 heteroatoms. The second-order valence-corrected chi connectivity index (χ2v) is 3.26. The van der Waals surface area contributed by atoms with Crippen LogP contribution in [0.1, 0.15) is 10.4 Å². The minimum atomic E-state index is -0.633. The number of benzene rings is 1. The molecule has 1 aromatic carbocycles. The zero-order valence-corrected chi connectivity index (χ0v) is 8.64. The van der Waals surface area contributed by atoms with Crippen LogP contribution < -0.4 is 5.73 Å². The molecule has 0 unspecified atom stereocenters. The molecule has 5 nitrogen and oxygen atoms in total. The molecular weight excluding hydrogens is 208 g/mol. The van der Waals surface area contributed by atoms with E-state index in [1.165, 1.54) is 17.9 Å². The molecular formula is C11H10N2O3. The highest BCUT2D eigenvalue weighted by Gasteiger charge is 2.16. The summed E-state index contributed by atoms with van der Waals surface area (Å²) in [4.78, 5) is 22.6. The maximum absolute atomic E-state index is 11.5. The van der Waals surface area contributed by atoms with E-state index in [1.54, 1.807) is 24.3 Å². The number of amides is 1. The molecule has 82 valence electrons. The average Bonchev–Trinajstić information content (AvgIpc) is 2.67. The second-order valence-electron chi connectivity index (χ2n) is 3.26. The van der Waals surface area contributed by atoms with Crippen molar-refractivity contribution in [3.05, 3.63) is 36.0 Å². The van der Waals surface area contributed by atoms with Crippen LogP contribution in [0.15, 0.2) is 30.5 Å². The molecule has 2 rings (SSSR count). The third kappa shape index (κ3) is 1.42. The van der Waals surface area contributed by atoms with E-state index in [2.05, 4.69) is 4.74 Å². The molecule has 0 saturated heterocycles. The third-order valence-corrected chi connectivity index (χ3v) is 2.35. The van der Waals surface area contributed by atoms with E-state index in [0.29, 0.717) is 16.5 Å². The SMILES string of the molecule is COC(=O)c1cn(C(N)=O)c2ccccc12. The Hall–Kier alpha value is -2.30. The number of nitrogens with zero attached hydrogens (tertiary/aromatic N) is 1. The second kappa shape index (κ2) is 3.69. The van der Waals surface area contributed by atoms with E-state index >= 15 is 0 Å². The first-order valence-corrected chi connectivity index (χ1v) is 4.63. The van der Waals surface area contributed by atoms with Gasteiger partial charge >= 0.3 is 12.0 Å². The Morgan fingerprint density at radius 1 is 1.31 bits per heavy atom. The number of nitrogens with two attached hydrogens (primary N) is 1. The Morgan fingerprint density at radius 3 is 2.62 bits per heavy atom. The Kier molecular flexibility index (Phi) is 2.36. The maximum Gasteiger partial charge on any atom is 0.340 e. The van der Waals surface area contributed by atoms with Gasteiger partial charge < -0.3 is 10.5 Å². The number of hydrogen-bond acceptors (Lipinski definition) is 3. The van der Waals surface area contributed by atoms with Gasteiger partial charge in [-0.15, -0.1) is 0 Å². The Labute approximate surface area is 91.4 Å². The smallest absolute Gasteiger partial charge is 0.340 e. The molecule has 0 spiro atoms. The van der Waals surface area contributed by atoms with Gasteiger partial charge in [0, 0.05) is 11.6 Å². The number of rotatable bonds is 1. The molecule has 2 aromatic rings. The molecule has 0 aliphatic heterocycles. The van der Waals surface area contributed by atoms with Crippen LogP contribution in [0.4, 0.5) is 4.79 Å². The summed E-state index contributed by atoms with van der Waals surface area (Å²) in [5, 5.41) is 0.646. The standard InChI is InChI=1S/C11H10N2O3/c1-16-10(14)8-6-13(11(12)15)9-5-3-2-4-7(8)9/h2-6H,1H3,(H2,12,15). The summed E-state index contributed by atoms with van der Waals surface area (Å²) in [5.41, 5.74) is 6.13. The van der Waals surface area contributed by atoms with Crippen molar-refractivity contribution in [2.45, 2.75) is 0 Å². The van der Waals surface area contributed by atoms with Gasteiger partial charge in [0.25, 0.3) is 0 Å². The van der Waals surface area contributed by atoms with Gasteiger partial charge in [-0.25, -0.2) is 9.59 Å². The fourth-order valence-corrected chi connectivity index (χ4v) is 1.63. The van der Waals surface area contributed by atoms with E-state index in [1.807, 2.05) is 0 Å². The van der Waals surface area contributed by atoms with Gasteiger partial charge in [0.1, 0.15) is 0 Å². The number of hydrogen-bond donors (Lipinski definition) is 1. The van der Waals surface area contributed by atoms with Gasteiger partial charge in [-0.2, -0.15) is 0 Å². The number of fused-ring (bicyclic) bond motifs is 1. The topological polar surface area (TPSA) is 74.3 Å². The lowest BCUT2D eigenvalue weighted by molar-refractivity contribution is 0.0603. The van der Waals surface area contributed by atoms with E-state index in [-0.39, 0.29) is 0 Å². The summed E-state index contributed by atoms with van der Waals surface area (Å²) in [5.74, 6) is -0.490. The van der Waals surface area contributed by atoms with Crippen molar-refractivity contribution >= 4 is 22.9 Å². The highest BCUT2D eigenvalue weighted by molar-refractivity contribution is 6.06. The van der Waals surface area contributed by atoms with Crippen LogP contribution in [-0.4, -0.2) is 23.7 Å². The summed E-state index contributed by atoms with van der Waals surface area (Å²) < 4.78 is 5.86. The quantitative estimate of drug-likeness (QED) is 0.734. The fourth-order valence-electron chi connectivity index (χ4n) is 1.63. The van der Waals surface area contributed by atoms with Crippen molar-refractivity contribution in [2.24, 2.45) is 5.73 Å². The lowest BCUT2D eigenvalue weighted by Crippen LogP contribution is -2.18. The Bertz CT molecular complexity index is 572. The van der Waals surface area contributed by atoms with Crippen molar-refractivity contribution in [3.8, 4) is 0 Å². The van der Waals surface area contributed by atoms with Crippen LogP contribution in [-0.2, 0) is 4.74 Å². The summed E-state index contributed by atoms with van der Waals surface area (Å²) in [6.07, 6.45) is 1.39. The van der Waals surface area contributed by atoms with Crippen LogP contribution in [0.25, 0.3) is 10.9 Å². The number of carbonyl (C=O) groups is 2. The van der Waals surface area contributed by atoms with Gasteiger partial charge in [0.15, 0.2) is 0 Å². The minimum Gasteiger partial charge on any atom is -0.465 e. The van der Waals surface area contributed by atoms with Crippen LogP contribution >= 0.6 is 0 Å². The number of primary amides is 1. The fraction of sp³-hybridized carbons (Fsp3) is 0.0909. The molecule has 1 amide bonds. The first-order chi connectivity index (χ1) is 7.65.